The number of hydrogen-bond donors (Lipinski definition) is 0. The van der Waals surface area contributed by atoms with Crippen molar-refractivity contribution < 1.29 is 19.3 Å². The zero-order valence-corrected chi connectivity index (χ0v) is 27.1. The second kappa shape index (κ2) is 11.8. The lowest BCUT2D eigenvalue weighted by molar-refractivity contribution is -0.394. The number of rotatable bonds is 7. The molecule has 0 unspecified atom stereocenters. The lowest BCUT2D eigenvalue weighted by Crippen LogP contribution is -2.38. The van der Waals surface area contributed by atoms with Crippen LogP contribution in [0, 0.1) is 20.2 Å². The predicted octanol–water partition coefficient (Wildman–Crippen LogP) is 6.76. The number of nitrogens with zero attached hydrogens (tertiary/aromatic N) is 4. The number of non-ortho nitro benzene ring substituents is 1. The van der Waals surface area contributed by atoms with Gasteiger partial charge in [-0.05, 0) is 81.2 Å². The zero-order valence-electron chi connectivity index (χ0n) is 23.8. The number of nitro groups is 2. The number of ether oxygens (including phenoxy) is 2. The number of methoxy groups -OCH3 is 1. The number of nitro benzene ring substituents is 2. The van der Waals surface area contributed by atoms with Gasteiger partial charge in [0.05, 0.1) is 43.8 Å². The van der Waals surface area contributed by atoms with E-state index in [9.17, 15) is 25.0 Å². The molecule has 1 aliphatic carbocycles. The minimum absolute atomic E-state index is 0.127. The Labute approximate surface area is 276 Å². The highest BCUT2D eigenvalue weighted by Gasteiger charge is 2.33. The van der Waals surface area contributed by atoms with Gasteiger partial charge in [-0.1, -0.05) is 41.7 Å². The first-order valence-corrected chi connectivity index (χ1v) is 16.4. The molecule has 0 spiro atoms. The van der Waals surface area contributed by atoms with Gasteiger partial charge in [-0.15, -0.1) is 11.3 Å². The third-order valence-corrected chi connectivity index (χ3v) is 10.3. The van der Waals surface area contributed by atoms with Crippen LogP contribution >= 0.6 is 38.6 Å². The number of aromatic nitrogens is 1. The van der Waals surface area contributed by atoms with Crippen molar-refractivity contribution in [2.24, 2.45) is 4.99 Å². The average Bonchev–Trinajstić information content (AvgIpc) is 3.69. The number of thiophene rings is 1. The Balaban J connectivity index is 1.32. The Morgan fingerprint density at radius 3 is 2.59 bits per heavy atom. The average molecular weight is 718 g/mol. The molecule has 0 N–H and O–H groups in total. The summed E-state index contributed by atoms with van der Waals surface area (Å²) in [4.78, 5) is 42.1. The van der Waals surface area contributed by atoms with Crippen LogP contribution in [0.25, 0.3) is 11.8 Å². The van der Waals surface area contributed by atoms with Crippen LogP contribution in [0.15, 0.2) is 91.9 Å². The highest BCUT2D eigenvalue weighted by Crippen LogP contribution is 2.44. The standard InChI is InChI=1S/C32H21BrN4O7S2/c1-43-25-14-17(13-22(33)30(25)44-24-11-9-19(36(39)40)16-23(24)37(41)42)15-27-31(38)35-29(26-7-4-12-45-26)21-10-8-18-5-2-3-6-20(18)28(21)34-32(35)46-27/h2-7,9,11-16,29H,8,10H2,1H3/b27-15+/t29-/m1/s1. The quantitative estimate of drug-likeness (QED) is 0.134. The van der Waals surface area contributed by atoms with Crippen LogP contribution in [0.1, 0.15) is 34.0 Å². The molecule has 0 amide bonds. The number of hydrogen-bond acceptors (Lipinski definition) is 10. The van der Waals surface area contributed by atoms with Gasteiger partial charge in [0, 0.05) is 16.5 Å². The Morgan fingerprint density at radius 1 is 1.02 bits per heavy atom. The molecule has 14 heteroatoms. The van der Waals surface area contributed by atoms with Gasteiger partial charge in [0.2, 0.25) is 5.75 Å². The van der Waals surface area contributed by atoms with E-state index in [4.69, 9.17) is 14.5 Å². The van der Waals surface area contributed by atoms with Crippen molar-refractivity contribution >= 4 is 61.8 Å². The number of halogens is 1. The maximum absolute atomic E-state index is 14.1. The van der Waals surface area contributed by atoms with Gasteiger partial charge in [-0.3, -0.25) is 29.6 Å². The van der Waals surface area contributed by atoms with Gasteiger partial charge in [-0.2, -0.15) is 0 Å². The van der Waals surface area contributed by atoms with Gasteiger partial charge >= 0.3 is 5.69 Å². The second-order valence-electron chi connectivity index (χ2n) is 10.4. The number of benzene rings is 3. The Hall–Kier alpha value is -4.92. The molecular formula is C32H21BrN4O7S2. The van der Waals surface area contributed by atoms with Crippen LogP contribution < -0.4 is 24.4 Å². The summed E-state index contributed by atoms with van der Waals surface area (Å²) in [6, 6.07) is 18.5. The highest BCUT2D eigenvalue weighted by molar-refractivity contribution is 9.10. The number of allylic oxidation sites excluding steroid dienone is 1. The zero-order chi connectivity index (χ0) is 32.1. The third-order valence-electron chi connectivity index (χ3n) is 7.80. The van der Waals surface area contributed by atoms with E-state index in [1.54, 1.807) is 34.1 Å². The highest BCUT2D eigenvalue weighted by atomic mass is 79.9. The largest absolute Gasteiger partial charge is 0.493 e. The van der Waals surface area contributed by atoms with Crippen molar-refractivity contribution in [3.63, 3.8) is 0 Å². The van der Waals surface area contributed by atoms with Crippen molar-refractivity contribution in [1.29, 1.82) is 0 Å². The molecule has 7 rings (SSSR count). The molecule has 3 aromatic carbocycles. The summed E-state index contributed by atoms with van der Waals surface area (Å²) in [6.45, 7) is 0. The number of aryl methyl sites for hydroxylation is 1. The SMILES string of the molecule is COc1cc(/C=c2/sc3n(c2=O)[C@@H](c2cccs2)C2=C(N=3)c3ccccc3CC2)cc(Br)c1Oc1ccc([N+](=O)[O-])cc1[N+](=O)[O-]. The Kier molecular flexibility index (Phi) is 7.63. The smallest absolute Gasteiger partial charge is 0.318 e. The maximum atomic E-state index is 14.1. The summed E-state index contributed by atoms with van der Waals surface area (Å²) in [5.41, 5.74) is 3.84. The summed E-state index contributed by atoms with van der Waals surface area (Å²) in [5.74, 6) is 0.154. The second-order valence-corrected chi connectivity index (χ2v) is 13.3. The van der Waals surface area contributed by atoms with E-state index >= 15 is 0 Å². The van der Waals surface area contributed by atoms with Crippen LogP contribution in [-0.2, 0) is 6.42 Å². The molecule has 0 saturated carbocycles. The lowest BCUT2D eigenvalue weighted by atomic mass is 9.85. The van der Waals surface area contributed by atoms with Crippen LogP contribution in [0.2, 0.25) is 0 Å². The molecule has 11 nitrogen and oxygen atoms in total. The first kappa shape index (κ1) is 29.8. The first-order chi connectivity index (χ1) is 22.2. The van der Waals surface area contributed by atoms with Crippen LogP contribution in [0.3, 0.4) is 0 Å². The van der Waals surface area contributed by atoms with Gasteiger partial charge < -0.3 is 9.47 Å². The van der Waals surface area contributed by atoms with Crippen molar-refractivity contribution in [3.8, 4) is 17.2 Å². The van der Waals surface area contributed by atoms with Crippen LogP contribution in [-0.4, -0.2) is 21.5 Å². The van der Waals surface area contributed by atoms with Crippen LogP contribution in [0.4, 0.5) is 11.4 Å². The molecule has 0 fully saturated rings. The fourth-order valence-corrected chi connectivity index (χ4v) is 8.14. The van der Waals surface area contributed by atoms with Gasteiger partial charge in [0.15, 0.2) is 16.3 Å². The van der Waals surface area contributed by atoms with Crippen LogP contribution in [0.5, 0.6) is 17.2 Å². The molecule has 2 aliphatic rings. The van der Waals surface area contributed by atoms with E-state index in [1.165, 1.54) is 30.1 Å². The van der Waals surface area contributed by atoms with Gasteiger partial charge in [0.25, 0.3) is 11.2 Å². The first-order valence-electron chi connectivity index (χ1n) is 13.9. The van der Waals surface area contributed by atoms with E-state index in [0.29, 0.717) is 19.4 Å². The summed E-state index contributed by atoms with van der Waals surface area (Å²) in [7, 11) is 1.42. The van der Waals surface area contributed by atoms with E-state index < -0.39 is 21.2 Å². The number of fused-ring (bicyclic) bond motifs is 3. The predicted molar refractivity (Wildman–Crippen MR) is 178 cm³/mol. The molecule has 1 atom stereocenters. The Morgan fingerprint density at radius 2 is 1.85 bits per heavy atom. The minimum Gasteiger partial charge on any atom is -0.493 e. The third kappa shape index (κ3) is 5.13. The summed E-state index contributed by atoms with van der Waals surface area (Å²) < 4.78 is 14.1. The molecule has 46 heavy (non-hydrogen) atoms. The summed E-state index contributed by atoms with van der Waals surface area (Å²) in [5, 5.41) is 24.8. The van der Waals surface area contributed by atoms with E-state index in [2.05, 4.69) is 34.1 Å². The van der Waals surface area contributed by atoms with Gasteiger partial charge in [0.1, 0.15) is 0 Å². The molecule has 1 aliphatic heterocycles. The van der Waals surface area contributed by atoms with E-state index in [-0.39, 0.29) is 28.8 Å². The van der Waals surface area contributed by atoms with Crippen molar-refractivity contribution in [1.82, 2.24) is 4.57 Å². The molecule has 230 valence electrons. The summed E-state index contributed by atoms with van der Waals surface area (Å²) >= 11 is 6.39. The van der Waals surface area contributed by atoms with E-state index in [0.717, 1.165) is 46.7 Å². The van der Waals surface area contributed by atoms with Gasteiger partial charge in [-0.25, -0.2) is 4.99 Å². The topological polar surface area (TPSA) is 139 Å². The molecule has 0 saturated heterocycles. The normalized spacial score (nSPS) is 15.4. The fourth-order valence-electron chi connectivity index (χ4n) is 5.75. The van der Waals surface area contributed by atoms with Crippen molar-refractivity contribution in [2.75, 3.05) is 7.11 Å². The van der Waals surface area contributed by atoms with Crippen molar-refractivity contribution in [3.05, 3.63) is 144 Å². The molecular weight excluding hydrogens is 696 g/mol. The molecule has 0 radical (unpaired) electrons. The number of thiazole rings is 1. The fraction of sp³-hybridized carbons (Fsp3) is 0.125. The molecule has 0 bridgehead atoms. The Bertz CT molecular complexity index is 2290. The molecule has 2 aromatic heterocycles. The minimum atomic E-state index is -0.753. The lowest BCUT2D eigenvalue weighted by Gasteiger charge is -2.30. The maximum Gasteiger partial charge on any atom is 0.318 e. The van der Waals surface area contributed by atoms with E-state index in [1.807, 2.05) is 23.6 Å². The molecule has 5 aromatic rings. The summed E-state index contributed by atoms with van der Waals surface area (Å²) in [6.07, 6.45) is 3.43. The monoisotopic (exact) mass is 716 g/mol. The van der Waals surface area contributed by atoms with Crippen molar-refractivity contribution in [2.45, 2.75) is 18.9 Å². The molecule has 3 heterocycles.